The summed E-state index contributed by atoms with van der Waals surface area (Å²) >= 11 is 0. The van der Waals surface area contributed by atoms with Gasteiger partial charge in [0.1, 0.15) is 23.4 Å². The Hall–Kier alpha value is -3.16. The van der Waals surface area contributed by atoms with Gasteiger partial charge in [-0.3, -0.25) is 14.5 Å². The first-order valence-corrected chi connectivity index (χ1v) is 10.9. The average Bonchev–Trinajstić information content (AvgIpc) is 2.78. The third-order valence-electron chi connectivity index (χ3n) is 5.88. The fourth-order valence-electron chi connectivity index (χ4n) is 4.17. The van der Waals surface area contributed by atoms with E-state index < -0.39 is 12.1 Å². The number of benzene rings is 1. The standard InChI is InChI=1S/C23H29N5O3/c1-5-20-24-15(2)14-21(25-20)26-10-12-27(13-11-26)22(29)16(3)28-18-8-6-7-9-19(18)31-17(4)23(28)30/h6-9,14,16-17H,5,10-13H2,1-4H3/t16-,17-/m1/s1. The third-order valence-corrected chi connectivity index (χ3v) is 5.88. The quantitative estimate of drug-likeness (QED) is 0.750. The highest BCUT2D eigenvalue weighted by molar-refractivity contribution is 6.05. The van der Waals surface area contributed by atoms with Crippen molar-refractivity contribution in [1.29, 1.82) is 0 Å². The van der Waals surface area contributed by atoms with E-state index in [1.807, 2.05) is 49.1 Å². The molecule has 0 N–H and O–H groups in total. The van der Waals surface area contributed by atoms with Gasteiger partial charge in [0.25, 0.3) is 5.91 Å². The van der Waals surface area contributed by atoms with Crippen LogP contribution < -0.4 is 14.5 Å². The molecule has 1 fully saturated rings. The molecule has 8 heteroatoms. The number of nitrogens with zero attached hydrogens (tertiary/aromatic N) is 5. The van der Waals surface area contributed by atoms with E-state index in [1.54, 1.807) is 18.7 Å². The highest BCUT2D eigenvalue weighted by Crippen LogP contribution is 2.35. The summed E-state index contributed by atoms with van der Waals surface area (Å²) in [5.74, 6) is 2.13. The zero-order chi connectivity index (χ0) is 22.1. The van der Waals surface area contributed by atoms with Gasteiger partial charge in [-0.1, -0.05) is 19.1 Å². The second kappa shape index (κ2) is 8.53. The molecular formula is C23H29N5O3. The number of hydrogen-bond acceptors (Lipinski definition) is 6. The van der Waals surface area contributed by atoms with E-state index in [0.29, 0.717) is 37.6 Å². The Labute approximate surface area is 182 Å². The van der Waals surface area contributed by atoms with Gasteiger partial charge in [-0.25, -0.2) is 9.97 Å². The number of aryl methyl sites for hydroxylation is 2. The number of carbonyl (C=O) groups excluding carboxylic acids is 2. The summed E-state index contributed by atoms with van der Waals surface area (Å²) in [6, 6.07) is 8.76. The molecule has 8 nitrogen and oxygen atoms in total. The largest absolute Gasteiger partial charge is 0.479 e. The molecule has 0 saturated carbocycles. The van der Waals surface area contributed by atoms with Crippen molar-refractivity contribution in [2.24, 2.45) is 0 Å². The zero-order valence-electron chi connectivity index (χ0n) is 18.5. The van der Waals surface area contributed by atoms with E-state index in [4.69, 9.17) is 4.74 Å². The Morgan fingerprint density at radius 3 is 2.61 bits per heavy atom. The van der Waals surface area contributed by atoms with Crippen LogP contribution in [0.1, 0.15) is 32.3 Å². The lowest BCUT2D eigenvalue weighted by Gasteiger charge is -2.40. The number of hydrogen-bond donors (Lipinski definition) is 0. The first kappa shape index (κ1) is 21.1. The van der Waals surface area contributed by atoms with E-state index >= 15 is 0 Å². The number of carbonyl (C=O) groups is 2. The molecule has 0 bridgehead atoms. The third kappa shape index (κ3) is 4.06. The Morgan fingerprint density at radius 1 is 1.19 bits per heavy atom. The van der Waals surface area contributed by atoms with Crippen molar-refractivity contribution in [3.63, 3.8) is 0 Å². The lowest BCUT2D eigenvalue weighted by atomic mass is 10.1. The van der Waals surface area contributed by atoms with Crippen LogP contribution in [0.2, 0.25) is 0 Å². The van der Waals surface area contributed by atoms with Gasteiger partial charge in [0.15, 0.2) is 6.10 Å². The molecule has 4 rings (SSSR count). The Kier molecular flexibility index (Phi) is 5.80. The Balaban J connectivity index is 1.46. The smallest absolute Gasteiger partial charge is 0.268 e. The first-order chi connectivity index (χ1) is 14.9. The second-order valence-corrected chi connectivity index (χ2v) is 8.06. The minimum Gasteiger partial charge on any atom is -0.479 e. The molecule has 2 aliphatic heterocycles. The van der Waals surface area contributed by atoms with Gasteiger partial charge >= 0.3 is 0 Å². The van der Waals surface area contributed by atoms with Gasteiger partial charge in [-0.15, -0.1) is 0 Å². The van der Waals surface area contributed by atoms with Crippen LogP contribution in [0.25, 0.3) is 0 Å². The molecule has 2 aromatic rings. The highest BCUT2D eigenvalue weighted by atomic mass is 16.5. The summed E-state index contributed by atoms with van der Waals surface area (Å²) < 4.78 is 5.71. The number of amides is 2. The fraction of sp³-hybridized carbons (Fsp3) is 0.478. The van der Waals surface area contributed by atoms with Crippen LogP contribution in [0.3, 0.4) is 0 Å². The minimum absolute atomic E-state index is 0.0509. The molecule has 1 aromatic carbocycles. The molecule has 2 atom stereocenters. The molecule has 0 unspecified atom stereocenters. The van der Waals surface area contributed by atoms with Crippen LogP contribution in [0.4, 0.5) is 11.5 Å². The van der Waals surface area contributed by atoms with E-state index in [2.05, 4.69) is 14.9 Å². The van der Waals surface area contributed by atoms with Gasteiger partial charge in [0.05, 0.1) is 5.69 Å². The maximum atomic E-state index is 13.3. The monoisotopic (exact) mass is 423 g/mol. The van der Waals surface area contributed by atoms with Gasteiger partial charge in [-0.2, -0.15) is 0 Å². The first-order valence-electron chi connectivity index (χ1n) is 10.9. The molecule has 1 saturated heterocycles. The number of fused-ring (bicyclic) bond motifs is 1. The van der Waals surface area contributed by atoms with E-state index in [0.717, 1.165) is 23.8 Å². The van der Waals surface area contributed by atoms with Gasteiger partial charge in [0.2, 0.25) is 5.91 Å². The summed E-state index contributed by atoms with van der Waals surface area (Å²) in [6.07, 6.45) is 0.175. The summed E-state index contributed by atoms with van der Waals surface area (Å²) in [7, 11) is 0. The second-order valence-electron chi connectivity index (χ2n) is 8.06. The molecule has 2 aliphatic rings. The summed E-state index contributed by atoms with van der Waals surface area (Å²) in [5, 5.41) is 0. The average molecular weight is 424 g/mol. The van der Waals surface area contributed by atoms with Gasteiger partial charge in [-0.05, 0) is 32.9 Å². The predicted molar refractivity (Wildman–Crippen MR) is 118 cm³/mol. The number of piperazine rings is 1. The maximum Gasteiger partial charge on any atom is 0.268 e. The van der Waals surface area contributed by atoms with Crippen molar-refractivity contribution in [3.05, 3.63) is 41.9 Å². The normalized spacial score (nSPS) is 19.7. The topological polar surface area (TPSA) is 78.9 Å². The predicted octanol–water partition coefficient (Wildman–Crippen LogP) is 2.20. The Morgan fingerprint density at radius 2 is 1.90 bits per heavy atom. The molecule has 164 valence electrons. The zero-order valence-corrected chi connectivity index (χ0v) is 18.5. The minimum atomic E-state index is -0.615. The molecule has 31 heavy (non-hydrogen) atoms. The molecule has 0 spiro atoms. The number of ether oxygens (including phenoxy) is 1. The van der Waals surface area contributed by atoms with E-state index in [1.165, 1.54) is 0 Å². The van der Waals surface area contributed by atoms with Crippen molar-refractivity contribution < 1.29 is 14.3 Å². The van der Waals surface area contributed by atoms with Crippen molar-refractivity contribution in [2.75, 3.05) is 36.0 Å². The van der Waals surface area contributed by atoms with Crippen molar-refractivity contribution in [1.82, 2.24) is 14.9 Å². The maximum absolute atomic E-state index is 13.3. The number of rotatable bonds is 4. The van der Waals surface area contributed by atoms with Gasteiger partial charge in [0, 0.05) is 44.4 Å². The van der Waals surface area contributed by atoms with E-state index in [-0.39, 0.29) is 11.8 Å². The Bertz CT molecular complexity index is 987. The molecule has 2 amide bonds. The van der Waals surface area contributed by atoms with Gasteiger partial charge < -0.3 is 14.5 Å². The number of aromatic nitrogens is 2. The lowest BCUT2D eigenvalue weighted by Crippen LogP contribution is -2.58. The van der Waals surface area contributed by atoms with E-state index in [9.17, 15) is 9.59 Å². The van der Waals surface area contributed by atoms with Crippen LogP contribution in [0.5, 0.6) is 5.75 Å². The fourth-order valence-corrected chi connectivity index (χ4v) is 4.17. The molecule has 0 aliphatic carbocycles. The van der Waals surface area contributed by atoms with Crippen molar-refractivity contribution in [2.45, 2.75) is 46.3 Å². The molecular weight excluding hydrogens is 394 g/mol. The van der Waals surface area contributed by atoms with Crippen LogP contribution in [-0.2, 0) is 16.0 Å². The lowest BCUT2D eigenvalue weighted by molar-refractivity contribution is -0.136. The SMILES string of the molecule is CCc1nc(C)cc(N2CCN(C(=O)[C@@H](C)N3C(=O)[C@@H](C)Oc4ccccc43)CC2)n1. The summed E-state index contributed by atoms with van der Waals surface area (Å²) in [5.41, 5.74) is 1.60. The summed E-state index contributed by atoms with van der Waals surface area (Å²) in [4.78, 5) is 40.9. The molecule has 0 radical (unpaired) electrons. The van der Waals surface area contributed by atoms with Crippen LogP contribution in [0.15, 0.2) is 30.3 Å². The number of para-hydroxylation sites is 2. The van der Waals surface area contributed by atoms with Crippen LogP contribution >= 0.6 is 0 Å². The van der Waals surface area contributed by atoms with Crippen molar-refractivity contribution in [3.8, 4) is 5.75 Å². The number of anilines is 2. The molecule has 1 aromatic heterocycles. The van der Waals surface area contributed by atoms with Crippen LogP contribution in [-0.4, -0.2) is 65.0 Å². The van der Waals surface area contributed by atoms with Crippen molar-refractivity contribution >= 4 is 23.3 Å². The highest BCUT2D eigenvalue weighted by Gasteiger charge is 2.38. The van der Waals surface area contributed by atoms with Crippen LogP contribution in [0, 0.1) is 6.92 Å². The summed E-state index contributed by atoms with van der Waals surface area (Å²) in [6.45, 7) is 10.1. The molecule has 3 heterocycles.